The van der Waals surface area contributed by atoms with Crippen LogP contribution in [0.2, 0.25) is 0 Å². The molecule has 0 saturated carbocycles. The summed E-state index contributed by atoms with van der Waals surface area (Å²) in [6.45, 7) is 11.9. The normalized spacial score (nSPS) is 11.4. The molecule has 110 valence electrons. The summed E-state index contributed by atoms with van der Waals surface area (Å²) in [7, 11) is 0. The minimum atomic E-state index is 0.592. The van der Waals surface area contributed by atoms with Gasteiger partial charge in [-0.25, -0.2) is 0 Å². The number of nitrogens with one attached hydrogen (secondary N) is 1. The molecule has 0 aromatic carbocycles. The van der Waals surface area contributed by atoms with Crippen molar-refractivity contribution in [1.29, 1.82) is 0 Å². The highest BCUT2D eigenvalue weighted by molar-refractivity contribution is 5.19. The van der Waals surface area contributed by atoms with Crippen LogP contribution in [0.15, 0.2) is 10.5 Å². The number of aryl methyl sites for hydroxylation is 1. The molecule has 0 radical (unpaired) electrons. The fraction of sp³-hybridized carbons (Fsp3) is 0.750. The molecule has 0 unspecified atom stereocenters. The lowest BCUT2D eigenvalue weighted by molar-refractivity contribution is 0.102. The molecule has 0 aliphatic heterocycles. The predicted molar refractivity (Wildman–Crippen MR) is 79.2 cm³/mol. The van der Waals surface area contributed by atoms with Crippen molar-refractivity contribution in [2.75, 3.05) is 13.2 Å². The van der Waals surface area contributed by atoms with Crippen LogP contribution in [-0.2, 0) is 17.9 Å². The van der Waals surface area contributed by atoms with Gasteiger partial charge in [0.05, 0.1) is 6.54 Å². The second kappa shape index (κ2) is 9.16. The maximum Gasteiger partial charge on any atom is 0.130 e. The van der Waals surface area contributed by atoms with Crippen molar-refractivity contribution in [3.63, 3.8) is 0 Å². The molecular weight excluding hydrogens is 238 g/mol. The summed E-state index contributed by atoms with van der Waals surface area (Å²) >= 11 is 0. The quantitative estimate of drug-likeness (QED) is 0.650. The molecule has 3 nitrogen and oxygen atoms in total. The monoisotopic (exact) mass is 267 g/mol. The largest absolute Gasteiger partial charge is 0.462 e. The minimum absolute atomic E-state index is 0.592. The Morgan fingerprint density at radius 2 is 2.11 bits per heavy atom. The van der Waals surface area contributed by atoms with Crippen LogP contribution < -0.4 is 5.32 Å². The maximum absolute atomic E-state index is 5.82. The Morgan fingerprint density at radius 3 is 2.79 bits per heavy atom. The third-order valence-electron chi connectivity index (χ3n) is 3.05. The summed E-state index contributed by atoms with van der Waals surface area (Å²) in [5, 5.41) is 3.40. The summed E-state index contributed by atoms with van der Waals surface area (Å²) < 4.78 is 11.4. The van der Waals surface area contributed by atoms with Crippen molar-refractivity contribution in [2.24, 2.45) is 5.92 Å². The van der Waals surface area contributed by atoms with Crippen LogP contribution in [0.3, 0.4) is 0 Å². The smallest absolute Gasteiger partial charge is 0.130 e. The SMILES string of the molecule is CCCCCOCc1cc(C)c(CNCC(C)C)o1. The van der Waals surface area contributed by atoms with Gasteiger partial charge in [-0.05, 0) is 37.4 Å². The van der Waals surface area contributed by atoms with Crippen molar-refractivity contribution in [3.8, 4) is 0 Å². The Labute approximate surface area is 117 Å². The van der Waals surface area contributed by atoms with Crippen LogP contribution in [0, 0.1) is 12.8 Å². The third kappa shape index (κ3) is 6.79. The van der Waals surface area contributed by atoms with E-state index in [0.29, 0.717) is 12.5 Å². The van der Waals surface area contributed by atoms with Crippen LogP contribution in [0.4, 0.5) is 0 Å². The highest BCUT2D eigenvalue weighted by Gasteiger charge is 2.07. The fourth-order valence-electron chi connectivity index (χ4n) is 1.94. The van der Waals surface area contributed by atoms with Crippen LogP contribution in [0.5, 0.6) is 0 Å². The second-order valence-electron chi connectivity index (χ2n) is 5.60. The van der Waals surface area contributed by atoms with E-state index in [4.69, 9.17) is 9.15 Å². The number of rotatable bonds is 10. The molecule has 0 amide bonds. The second-order valence-corrected chi connectivity index (χ2v) is 5.60. The van der Waals surface area contributed by atoms with Gasteiger partial charge >= 0.3 is 0 Å². The molecule has 0 aliphatic carbocycles. The summed E-state index contributed by atoms with van der Waals surface area (Å²) in [6, 6.07) is 2.09. The molecule has 0 atom stereocenters. The molecule has 1 aromatic rings. The van der Waals surface area contributed by atoms with E-state index in [9.17, 15) is 0 Å². The number of furan rings is 1. The van der Waals surface area contributed by atoms with Crippen LogP contribution in [0.1, 0.15) is 57.1 Å². The highest BCUT2D eigenvalue weighted by Crippen LogP contribution is 2.15. The van der Waals surface area contributed by atoms with Gasteiger partial charge in [0.15, 0.2) is 0 Å². The fourth-order valence-corrected chi connectivity index (χ4v) is 1.94. The zero-order valence-electron chi connectivity index (χ0n) is 12.9. The van der Waals surface area contributed by atoms with E-state index in [2.05, 4.69) is 39.1 Å². The zero-order valence-corrected chi connectivity index (χ0v) is 12.9. The molecule has 1 aromatic heterocycles. The van der Waals surface area contributed by atoms with Crippen LogP contribution in [0.25, 0.3) is 0 Å². The average Bonchev–Trinajstić information content (AvgIpc) is 2.69. The first-order valence-electron chi connectivity index (χ1n) is 7.50. The van der Waals surface area contributed by atoms with Crippen molar-refractivity contribution in [3.05, 3.63) is 23.2 Å². The number of unbranched alkanes of at least 4 members (excludes halogenated alkanes) is 2. The molecular formula is C16H29NO2. The maximum atomic E-state index is 5.82. The lowest BCUT2D eigenvalue weighted by Crippen LogP contribution is -2.18. The number of ether oxygens (including phenoxy) is 1. The molecule has 1 rings (SSSR count). The molecule has 3 heteroatoms. The summed E-state index contributed by atoms with van der Waals surface area (Å²) in [5.41, 5.74) is 1.21. The van der Waals surface area contributed by atoms with Gasteiger partial charge in [0.1, 0.15) is 18.1 Å². The van der Waals surface area contributed by atoms with Crippen molar-refractivity contribution < 1.29 is 9.15 Å². The van der Waals surface area contributed by atoms with Crippen molar-refractivity contribution in [2.45, 2.75) is 60.1 Å². The van der Waals surface area contributed by atoms with E-state index in [1.54, 1.807) is 0 Å². The van der Waals surface area contributed by atoms with Gasteiger partial charge in [-0.2, -0.15) is 0 Å². The Hall–Kier alpha value is -0.800. The Bertz CT molecular complexity index is 345. The van der Waals surface area contributed by atoms with E-state index < -0.39 is 0 Å². The van der Waals surface area contributed by atoms with Gasteiger partial charge in [-0.3, -0.25) is 0 Å². The molecule has 1 heterocycles. The van der Waals surface area contributed by atoms with E-state index in [-0.39, 0.29) is 0 Å². The van der Waals surface area contributed by atoms with E-state index in [1.807, 2.05) is 0 Å². The molecule has 1 N–H and O–H groups in total. The van der Waals surface area contributed by atoms with Gasteiger partial charge in [-0.1, -0.05) is 33.6 Å². The molecule has 0 spiro atoms. The van der Waals surface area contributed by atoms with Crippen LogP contribution >= 0.6 is 0 Å². The summed E-state index contributed by atoms with van der Waals surface area (Å²) in [4.78, 5) is 0. The lowest BCUT2D eigenvalue weighted by atomic mass is 10.2. The third-order valence-corrected chi connectivity index (χ3v) is 3.05. The van der Waals surface area contributed by atoms with E-state index in [1.165, 1.54) is 18.4 Å². The first-order valence-corrected chi connectivity index (χ1v) is 7.50. The summed E-state index contributed by atoms with van der Waals surface area (Å²) in [5.74, 6) is 2.64. The lowest BCUT2D eigenvalue weighted by Gasteiger charge is -2.06. The molecule has 0 aliphatic rings. The molecule has 0 fully saturated rings. The summed E-state index contributed by atoms with van der Waals surface area (Å²) in [6.07, 6.45) is 3.61. The van der Waals surface area contributed by atoms with E-state index in [0.717, 1.165) is 37.6 Å². The van der Waals surface area contributed by atoms with Gasteiger partial charge in [0.2, 0.25) is 0 Å². The number of hydrogen-bond acceptors (Lipinski definition) is 3. The van der Waals surface area contributed by atoms with Crippen molar-refractivity contribution in [1.82, 2.24) is 5.32 Å². The molecule has 0 saturated heterocycles. The molecule has 19 heavy (non-hydrogen) atoms. The van der Waals surface area contributed by atoms with Crippen LogP contribution in [-0.4, -0.2) is 13.2 Å². The minimum Gasteiger partial charge on any atom is -0.462 e. The van der Waals surface area contributed by atoms with Gasteiger partial charge in [-0.15, -0.1) is 0 Å². The Morgan fingerprint density at radius 1 is 1.32 bits per heavy atom. The van der Waals surface area contributed by atoms with Gasteiger partial charge in [0, 0.05) is 6.61 Å². The van der Waals surface area contributed by atoms with E-state index >= 15 is 0 Å². The Balaban J connectivity index is 2.28. The van der Waals surface area contributed by atoms with Gasteiger partial charge in [0.25, 0.3) is 0 Å². The highest BCUT2D eigenvalue weighted by atomic mass is 16.5. The average molecular weight is 267 g/mol. The topological polar surface area (TPSA) is 34.4 Å². The Kier molecular flexibility index (Phi) is 7.84. The first-order chi connectivity index (χ1) is 9.13. The predicted octanol–water partition coefficient (Wildman–Crippen LogP) is 4.04. The molecule has 0 bridgehead atoms. The number of hydrogen-bond donors (Lipinski definition) is 1. The first kappa shape index (κ1) is 16.3. The van der Waals surface area contributed by atoms with Gasteiger partial charge < -0.3 is 14.5 Å². The standard InChI is InChI=1S/C16H29NO2/c1-5-6-7-8-18-12-15-9-14(4)16(19-15)11-17-10-13(2)3/h9,13,17H,5-8,10-12H2,1-4H3. The van der Waals surface area contributed by atoms with Crippen molar-refractivity contribution >= 4 is 0 Å². The zero-order chi connectivity index (χ0) is 14.1.